The minimum Gasteiger partial charge on any atom is -0.485 e. The van der Waals surface area contributed by atoms with Gasteiger partial charge >= 0.3 is 5.97 Å². The zero-order valence-electron chi connectivity index (χ0n) is 10.6. The van der Waals surface area contributed by atoms with Gasteiger partial charge in [-0.1, -0.05) is 30.3 Å². The molecule has 0 saturated carbocycles. The predicted octanol–water partition coefficient (Wildman–Crippen LogP) is 2.88. The summed E-state index contributed by atoms with van der Waals surface area (Å²) in [5, 5.41) is 14.5. The van der Waals surface area contributed by atoms with Crippen LogP contribution in [0, 0.1) is 0 Å². The Morgan fingerprint density at radius 2 is 2.11 bits per heavy atom. The number of carboxylic acid groups (broad SMARTS) is 1. The van der Waals surface area contributed by atoms with E-state index in [2.05, 4.69) is 5.32 Å². The molecule has 1 aliphatic rings. The molecular weight excluding hydrogens is 242 g/mol. The molecule has 0 fully saturated rings. The summed E-state index contributed by atoms with van der Waals surface area (Å²) in [7, 11) is 0. The normalized spacial score (nSPS) is 21.3. The van der Waals surface area contributed by atoms with E-state index in [1.54, 1.807) is 0 Å². The Labute approximate surface area is 111 Å². The van der Waals surface area contributed by atoms with E-state index in [0.29, 0.717) is 0 Å². The zero-order valence-corrected chi connectivity index (χ0v) is 10.6. The summed E-state index contributed by atoms with van der Waals surface area (Å²) in [4.78, 5) is 10.8. The van der Waals surface area contributed by atoms with Gasteiger partial charge in [-0.15, -0.1) is 0 Å². The molecule has 2 atom stereocenters. The summed E-state index contributed by atoms with van der Waals surface area (Å²) >= 11 is 0. The van der Waals surface area contributed by atoms with Crippen molar-refractivity contribution in [3.05, 3.63) is 36.4 Å². The zero-order chi connectivity index (χ0) is 13.4. The number of ether oxygens (including phenoxy) is 1. The Morgan fingerprint density at radius 1 is 1.32 bits per heavy atom. The Bertz CT molecular complexity index is 638. The van der Waals surface area contributed by atoms with Crippen molar-refractivity contribution in [2.45, 2.75) is 25.5 Å². The molecule has 0 amide bonds. The quantitative estimate of drug-likeness (QED) is 0.868. The van der Waals surface area contributed by atoms with Crippen LogP contribution >= 0.6 is 0 Å². The molecule has 0 bridgehead atoms. The van der Waals surface area contributed by atoms with E-state index >= 15 is 0 Å². The molecule has 0 saturated heterocycles. The van der Waals surface area contributed by atoms with Crippen molar-refractivity contribution >= 4 is 22.4 Å². The molecule has 19 heavy (non-hydrogen) atoms. The second-order valence-corrected chi connectivity index (χ2v) is 4.85. The number of fused-ring (bicyclic) bond motifs is 3. The lowest BCUT2D eigenvalue weighted by Crippen LogP contribution is -2.40. The molecule has 0 aromatic heterocycles. The van der Waals surface area contributed by atoms with Gasteiger partial charge in [0.25, 0.3) is 0 Å². The summed E-state index contributed by atoms with van der Waals surface area (Å²) in [5.41, 5.74) is 0.951. The van der Waals surface area contributed by atoms with Crippen LogP contribution in [0.2, 0.25) is 0 Å². The fourth-order valence-corrected chi connectivity index (χ4v) is 2.47. The number of anilines is 1. The number of nitrogens with one attached hydrogen (secondary N) is 1. The van der Waals surface area contributed by atoms with E-state index < -0.39 is 5.97 Å². The van der Waals surface area contributed by atoms with Gasteiger partial charge in [0.2, 0.25) is 0 Å². The van der Waals surface area contributed by atoms with E-state index in [1.807, 2.05) is 43.3 Å². The van der Waals surface area contributed by atoms with Crippen molar-refractivity contribution in [3.8, 4) is 5.75 Å². The highest BCUT2D eigenvalue weighted by Gasteiger charge is 2.29. The molecule has 2 N–H and O–H groups in total. The number of hydrogen-bond acceptors (Lipinski definition) is 3. The van der Waals surface area contributed by atoms with E-state index in [-0.39, 0.29) is 18.6 Å². The van der Waals surface area contributed by atoms with Crippen molar-refractivity contribution < 1.29 is 14.6 Å². The van der Waals surface area contributed by atoms with Crippen LogP contribution in [0.3, 0.4) is 0 Å². The highest BCUT2D eigenvalue weighted by atomic mass is 16.5. The van der Waals surface area contributed by atoms with Gasteiger partial charge in [-0.25, -0.2) is 0 Å². The fraction of sp³-hybridized carbons (Fsp3) is 0.267. The Hall–Kier alpha value is -2.23. The first-order valence-electron chi connectivity index (χ1n) is 6.32. The third-order valence-electron chi connectivity index (χ3n) is 3.47. The highest BCUT2D eigenvalue weighted by molar-refractivity contribution is 5.97. The first-order chi connectivity index (χ1) is 9.15. The van der Waals surface area contributed by atoms with Crippen LogP contribution < -0.4 is 10.1 Å². The summed E-state index contributed by atoms with van der Waals surface area (Å²) < 4.78 is 5.82. The van der Waals surface area contributed by atoms with Crippen LogP contribution in [0.15, 0.2) is 36.4 Å². The molecule has 1 heterocycles. The Morgan fingerprint density at radius 3 is 2.89 bits per heavy atom. The molecule has 98 valence electrons. The molecule has 1 aliphatic heterocycles. The second kappa shape index (κ2) is 4.46. The topological polar surface area (TPSA) is 58.6 Å². The van der Waals surface area contributed by atoms with Crippen LogP contribution in [0.5, 0.6) is 5.75 Å². The van der Waals surface area contributed by atoms with Gasteiger partial charge in [0.1, 0.15) is 11.9 Å². The van der Waals surface area contributed by atoms with Crippen molar-refractivity contribution in [2.24, 2.45) is 0 Å². The molecule has 3 rings (SSSR count). The maximum absolute atomic E-state index is 10.8. The number of aliphatic carboxylic acids is 1. The Kier molecular flexibility index (Phi) is 2.78. The van der Waals surface area contributed by atoms with Gasteiger partial charge in [-0.05, 0) is 18.4 Å². The molecule has 2 aromatic rings. The first-order valence-corrected chi connectivity index (χ1v) is 6.32. The number of carbonyl (C=O) groups is 1. The van der Waals surface area contributed by atoms with Crippen LogP contribution in [0.1, 0.15) is 13.3 Å². The molecule has 4 nitrogen and oxygen atoms in total. The fourth-order valence-electron chi connectivity index (χ4n) is 2.47. The lowest BCUT2D eigenvalue weighted by molar-refractivity contribution is -0.139. The molecule has 0 spiro atoms. The van der Waals surface area contributed by atoms with Gasteiger partial charge in [0.05, 0.1) is 18.2 Å². The highest BCUT2D eigenvalue weighted by Crippen LogP contribution is 2.38. The van der Waals surface area contributed by atoms with E-state index in [9.17, 15) is 4.79 Å². The van der Waals surface area contributed by atoms with Crippen molar-refractivity contribution in [1.29, 1.82) is 0 Å². The van der Waals surface area contributed by atoms with Crippen LogP contribution in [0.25, 0.3) is 10.8 Å². The number of benzene rings is 2. The molecule has 0 aliphatic carbocycles. The standard InChI is InChI=1S/C15H15NO3/c1-9-13(8-14(17)18)19-12-7-6-10-4-2-3-5-11(10)15(12)16-9/h2-7,9,13,16H,8H2,1H3,(H,17,18). The second-order valence-electron chi connectivity index (χ2n) is 4.85. The van der Waals surface area contributed by atoms with Gasteiger partial charge in [-0.2, -0.15) is 0 Å². The maximum Gasteiger partial charge on any atom is 0.307 e. The van der Waals surface area contributed by atoms with Crippen molar-refractivity contribution in [1.82, 2.24) is 0 Å². The molecule has 2 unspecified atom stereocenters. The van der Waals surface area contributed by atoms with Crippen molar-refractivity contribution in [3.63, 3.8) is 0 Å². The third-order valence-corrected chi connectivity index (χ3v) is 3.47. The molecule has 0 radical (unpaired) electrons. The molecule has 2 aromatic carbocycles. The van der Waals surface area contributed by atoms with Crippen molar-refractivity contribution in [2.75, 3.05) is 5.32 Å². The first kappa shape index (κ1) is 11.8. The van der Waals surface area contributed by atoms with Crippen LogP contribution in [0.4, 0.5) is 5.69 Å². The minimum atomic E-state index is -0.845. The molecular formula is C15H15NO3. The lowest BCUT2D eigenvalue weighted by atomic mass is 10.0. The van der Waals surface area contributed by atoms with E-state index in [4.69, 9.17) is 9.84 Å². The lowest BCUT2D eigenvalue weighted by Gasteiger charge is -2.33. The van der Waals surface area contributed by atoms with E-state index in [1.165, 1.54) is 0 Å². The SMILES string of the molecule is CC1Nc2c(ccc3ccccc23)OC1CC(=O)O. The van der Waals surface area contributed by atoms with Crippen LogP contribution in [-0.4, -0.2) is 23.2 Å². The average molecular weight is 257 g/mol. The summed E-state index contributed by atoms with van der Waals surface area (Å²) in [6.07, 6.45) is -0.341. The monoisotopic (exact) mass is 257 g/mol. The third kappa shape index (κ3) is 2.10. The Balaban J connectivity index is 2.02. The maximum atomic E-state index is 10.8. The van der Waals surface area contributed by atoms with Gasteiger partial charge in [-0.3, -0.25) is 4.79 Å². The van der Waals surface area contributed by atoms with Gasteiger partial charge < -0.3 is 15.2 Å². The average Bonchev–Trinajstić information content (AvgIpc) is 2.39. The predicted molar refractivity (Wildman–Crippen MR) is 73.7 cm³/mol. The van der Waals surface area contributed by atoms with Gasteiger partial charge in [0, 0.05) is 5.39 Å². The van der Waals surface area contributed by atoms with E-state index in [0.717, 1.165) is 22.2 Å². The number of carboxylic acids is 1. The summed E-state index contributed by atoms with van der Waals surface area (Å²) in [5.74, 6) is -0.120. The summed E-state index contributed by atoms with van der Waals surface area (Å²) in [6.45, 7) is 1.94. The largest absolute Gasteiger partial charge is 0.485 e. The smallest absolute Gasteiger partial charge is 0.307 e. The number of hydrogen-bond donors (Lipinski definition) is 2. The minimum absolute atomic E-state index is 0.000430. The van der Waals surface area contributed by atoms with Gasteiger partial charge in [0.15, 0.2) is 0 Å². The van der Waals surface area contributed by atoms with Crippen LogP contribution in [-0.2, 0) is 4.79 Å². The number of rotatable bonds is 2. The molecule has 4 heteroatoms. The summed E-state index contributed by atoms with van der Waals surface area (Å²) in [6, 6.07) is 11.9.